The van der Waals surface area contributed by atoms with Gasteiger partial charge in [0.15, 0.2) is 0 Å². The Labute approximate surface area is 116 Å². The van der Waals surface area contributed by atoms with Crippen LogP contribution in [0.4, 0.5) is 0 Å². The third kappa shape index (κ3) is 5.77. The molecule has 102 valence electrons. The van der Waals surface area contributed by atoms with Gasteiger partial charge >= 0.3 is 0 Å². The van der Waals surface area contributed by atoms with Gasteiger partial charge in [0.2, 0.25) is 0 Å². The van der Waals surface area contributed by atoms with Gasteiger partial charge in [-0.15, -0.1) is 11.6 Å². The van der Waals surface area contributed by atoms with Crippen LogP contribution in [0.15, 0.2) is 24.3 Å². The number of benzene rings is 1. The van der Waals surface area contributed by atoms with E-state index in [-0.39, 0.29) is 0 Å². The van der Waals surface area contributed by atoms with Crippen molar-refractivity contribution < 1.29 is 4.74 Å². The lowest BCUT2D eigenvalue weighted by Crippen LogP contribution is -1.98. The SMILES string of the molecule is CCCCCCOc1ccc(C(C)CCCl)cc1. The highest BCUT2D eigenvalue weighted by Gasteiger charge is 2.04. The Bertz CT molecular complexity index is 307. The Kier molecular flexibility index (Phi) is 7.91. The third-order valence-corrected chi connectivity index (χ3v) is 3.48. The van der Waals surface area contributed by atoms with Gasteiger partial charge in [0.25, 0.3) is 0 Å². The molecule has 1 atom stereocenters. The molecule has 1 aromatic carbocycles. The molecule has 0 radical (unpaired) electrons. The molecular formula is C16H25ClO. The van der Waals surface area contributed by atoms with E-state index in [0.29, 0.717) is 5.92 Å². The predicted octanol–water partition coefficient (Wildman–Crippen LogP) is 5.38. The van der Waals surface area contributed by atoms with Crippen molar-refractivity contribution in [3.05, 3.63) is 29.8 Å². The Hall–Kier alpha value is -0.690. The summed E-state index contributed by atoms with van der Waals surface area (Å²) in [6.45, 7) is 5.27. The minimum atomic E-state index is 0.529. The molecule has 0 fully saturated rings. The first-order chi connectivity index (χ1) is 8.77. The van der Waals surface area contributed by atoms with Crippen LogP contribution in [0, 0.1) is 0 Å². The van der Waals surface area contributed by atoms with Gasteiger partial charge < -0.3 is 4.74 Å². The maximum Gasteiger partial charge on any atom is 0.119 e. The van der Waals surface area contributed by atoms with Crippen molar-refractivity contribution in [2.24, 2.45) is 0 Å². The summed E-state index contributed by atoms with van der Waals surface area (Å²) in [5.41, 5.74) is 1.34. The molecule has 0 saturated heterocycles. The molecule has 0 aliphatic carbocycles. The molecule has 1 rings (SSSR count). The van der Waals surface area contributed by atoms with Gasteiger partial charge in [0, 0.05) is 5.88 Å². The first kappa shape index (κ1) is 15.4. The molecule has 1 nitrogen and oxygen atoms in total. The average Bonchev–Trinajstić information content (AvgIpc) is 2.39. The number of hydrogen-bond donors (Lipinski definition) is 0. The summed E-state index contributed by atoms with van der Waals surface area (Å²) in [5.74, 6) is 2.23. The van der Waals surface area contributed by atoms with E-state index in [1.807, 2.05) is 0 Å². The normalized spacial score (nSPS) is 12.4. The van der Waals surface area contributed by atoms with Crippen LogP contribution in [0.5, 0.6) is 5.75 Å². The fraction of sp³-hybridized carbons (Fsp3) is 0.625. The average molecular weight is 269 g/mol. The minimum absolute atomic E-state index is 0.529. The molecule has 1 aromatic rings. The molecule has 0 heterocycles. The summed E-state index contributed by atoms with van der Waals surface area (Å²) >= 11 is 5.76. The number of halogens is 1. The van der Waals surface area contributed by atoms with Crippen molar-refractivity contribution in [1.82, 2.24) is 0 Å². The van der Waals surface area contributed by atoms with Crippen LogP contribution >= 0.6 is 11.6 Å². The molecule has 0 bridgehead atoms. The maximum absolute atomic E-state index is 5.76. The largest absolute Gasteiger partial charge is 0.494 e. The smallest absolute Gasteiger partial charge is 0.119 e. The first-order valence-electron chi connectivity index (χ1n) is 7.06. The number of rotatable bonds is 9. The summed E-state index contributed by atoms with van der Waals surface area (Å²) in [6.07, 6.45) is 6.02. The Morgan fingerprint density at radius 2 is 1.83 bits per heavy atom. The van der Waals surface area contributed by atoms with E-state index >= 15 is 0 Å². The highest BCUT2D eigenvalue weighted by molar-refractivity contribution is 6.17. The Morgan fingerprint density at radius 3 is 2.44 bits per heavy atom. The fourth-order valence-electron chi connectivity index (χ4n) is 1.94. The Balaban J connectivity index is 2.31. The van der Waals surface area contributed by atoms with Crippen LogP contribution in [-0.4, -0.2) is 12.5 Å². The van der Waals surface area contributed by atoms with Crippen molar-refractivity contribution in [2.45, 2.75) is 51.9 Å². The number of unbranched alkanes of at least 4 members (excludes halogenated alkanes) is 3. The zero-order valence-corrected chi connectivity index (χ0v) is 12.4. The molecule has 1 unspecified atom stereocenters. The van der Waals surface area contributed by atoms with E-state index in [1.165, 1.54) is 24.8 Å². The number of alkyl halides is 1. The van der Waals surface area contributed by atoms with E-state index in [1.54, 1.807) is 0 Å². The molecular weight excluding hydrogens is 244 g/mol. The quantitative estimate of drug-likeness (QED) is 0.432. The second kappa shape index (κ2) is 9.27. The molecule has 0 aliphatic rings. The van der Waals surface area contributed by atoms with Crippen LogP contribution < -0.4 is 4.74 Å². The number of ether oxygens (including phenoxy) is 1. The zero-order chi connectivity index (χ0) is 13.2. The maximum atomic E-state index is 5.76. The van der Waals surface area contributed by atoms with E-state index in [4.69, 9.17) is 16.3 Å². The predicted molar refractivity (Wildman–Crippen MR) is 79.8 cm³/mol. The second-order valence-corrected chi connectivity index (χ2v) is 5.23. The van der Waals surface area contributed by atoms with Gasteiger partial charge in [0.1, 0.15) is 5.75 Å². The molecule has 0 saturated carbocycles. The number of hydrogen-bond acceptors (Lipinski definition) is 1. The minimum Gasteiger partial charge on any atom is -0.494 e. The lowest BCUT2D eigenvalue weighted by Gasteiger charge is -2.11. The molecule has 0 aliphatic heterocycles. The van der Waals surface area contributed by atoms with Crippen molar-refractivity contribution in [1.29, 1.82) is 0 Å². The lowest BCUT2D eigenvalue weighted by molar-refractivity contribution is 0.305. The van der Waals surface area contributed by atoms with Crippen LogP contribution in [0.2, 0.25) is 0 Å². The third-order valence-electron chi connectivity index (χ3n) is 3.26. The van der Waals surface area contributed by atoms with Gasteiger partial charge in [-0.2, -0.15) is 0 Å². The molecule has 2 heteroatoms. The highest BCUT2D eigenvalue weighted by Crippen LogP contribution is 2.22. The van der Waals surface area contributed by atoms with Gasteiger partial charge in [-0.1, -0.05) is 45.2 Å². The van der Waals surface area contributed by atoms with Crippen molar-refractivity contribution in [3.63, 3.8) is 0 Å². The van der Waals surface area contributed by atoms with Crippen LogP contribution in [0.3, 0.4) is 0 Å². The summed E-state index contributed by atoms with van der Waals surface area (Å²) in [5, 5.41) is 0. The van der Waals surface area contributed by atoms with Crippen LogP contribution in [0.1, 0.15) is 57.4 Å². The van der Waals surface area contributed by atoms with Crippen LogP contribution in [0.25, 0.3) is 0 Å². The molecule has 0 spiro atoms. The van der Waals surface area contributed by atoms with Crippen LogP contribution in [-0.2, 0) is 0 Å². The summed E-state index contributed by atoms with van der Waals surface area (Å²) in [4.78, 5) is 0. The van der Waals surface area contributed by atoms with Gasteiger partial charge in [-0.3, -0.25) is 0 Å². The Morgan fingerprint density at radius 1 is 1.11 bits per heavy atom. The van der Waals surface area contributed by atoms with Crippen molar-refractivity contribution >= 4 is 11.6 Å². The van der Waals surface area contributed by atoms with Crippen molar-refractivity contribution in [3.8, 4) is 5.75 Å². The summed E-state index contributed by atoms with van der Waals surface area (Å²) < 4.78 is 5.72. The molecule has 18 heavy (non-hydrogen) atoms. The van der Waals surface area contributed by atoms with Gasteiger partial charge in [-0.25, -0.2) is 0 Å². The van der Waals surface area contributed by atoms with Gasteiger partial charge in [-0.05, 0) is 36.5 Å². The van der Waals surface area contributed by atoms with E-state index in [9.17, 15) is 0 Å². The van der Waals surface area contributed by atoms with E-state index in [0.717, 1.165) is 31.1 Å². The van der Waals surface area contributed by atoms with Crippen molar-refractivity contribution in [2.75, 3.05) is 12.5 Å². The van der Waals surface area contributed by atoms with E-state index in [2.05, 4.69) is 38.1 Å². The zero-order valence-electron chi connectivity index (χ0n) is 11.6. The topological polar surface area (TPSA) is 9.23 Å². The monoisotopic (exact) mass is 268 g/mol. The standard InChI is InChI=1S/C16H25ClO/c1-3-4-5-6-13-18-16-9-7-15(8-10-16)14(2)11-12-17/h7-10,14H,3-6,11-13H2,1-2H3. The fourth-order valence-corrected chi connectivity index (χ4v) is 2.27. The lowest BCUT2D eigenvalue weighted by atomic mass is 9.99. The molecule has 0 aromatic heterocycles. The summed E-state index contributed by atoms with van der Waals surface area (Å²) in [6, 6.07) is 8.44. The van der Waals surface area contributed by atoms with E-state index < -0.39 is 0 Å². The highest BCUT2D eigenvalue weighted by atomic mass is 35.5. The second-order valence-electron chi connectivity index (χ2n) is 4.86. The molecule has 0 N–H and O–H groups in total. The first-order valence-corrected chi connectivity index (χ1v) is 7.60. The molecule has 0 amide bonds. The van der Waals surface area contributed by atoms with Gasteiger partial charge in [0.05, 0.1) is 6.61 Å². The summed E-state index contributed by atoms with van der Waals surface area (Å²) in [7, 11) is 0.